The average molecular weight is 222 g/mol. The van der Waals surface area contributed by atoms with Crippen molar-refractivity contribution in [2.75, 3.05) is 6.61 Å². The first-order valence-electron chi connectivity index (χ1n) is 5.85. The van der Waals surface area contributed by atoms with E-state index in [2.05, 4.69) is 26.8 Å². The first-order valence-corrected chi connectivity index (χ1v) is 5.85. The summed E-state index contributed by atoms with van der Waals surface area (Å²) in [5.74, 6) is 0.877. The van der Waals surface area contributed by atoms with Crippen LogP contribution in [0.15, 0.2) is 24.3 Å². The maximum Gasteiger partial charge on any atom is 0.123 e. The molecule has 1 rings (SSSR count). The monoisotopic (exact) mass is 222 g/mol. The predicted molar refractivity (Wildman–Crippen MR) is 66.9 cm³/mol. The van der Waals surface area contributed by atoms with Crippen LogP contribution < -0.4 is 4.74 Å². The number of hydrogen-bond donors (Lipinski definition) is 1. The van der Waals surface area contributed by atoms with Gasteiger partial charge in [0.1, 0.15) is 12.4 Å². The second kappa shape index (κ2) is 5.35. The summed E-state index contributed by atoms with van der Waals surface area (Å²) in [6, 6.07) is 8.02. The zero-order chi connectivity index (χ0) is 12.2. The van der Waals surface area contributed by atoms with Gasteiger partial charge in [-0.25, -0.2) is 0 Å². The van der Waals surface area contributed by atoms with Crippen LogP contribution in [0, 0.1) is 0 Å². The molecule has 0 heterocycles. The van der Waals surface area contributed by atoms with E-state index in [9.17, 15) is 5.11 Å². The van der Waals surface area contributed by atoms with Gasteiger partial charge in [0, 0.05) is 0 Å². The summed E-state index contributed by atoms with van der Waals surface area (Å²) < 4.78 is 5.67. The zero-order valence-electron chi connectivity index (χ0n) is 10.7. The lowest BCUT2D eigenvalue weighted by Crippen LogP contribution is -2.19. The normalized spacial score (nSPS) is 13.6. The van der Waals surface area contributed by atoms with Gasteiger partial charge in [-0.2, -0.15) is 0 Å². The standard InChI is InChI=1S/C14H22O2/c1-5-11(15)10-16-13-9-7-6-8-12(13)14(2,3)4/h6-9,11,15H,5,10H2,1-4H3. The second-order valence-electron chi connectivity index (χ2n) is 5.12. The van der Waals surface area contributed by atoms with E-state index in [0.717, 1.165) is 12.2 Å². The van der Waals surface area contributed by atoms with Crippen LogP contribution >= 0.6 is 0 Å². The van der Waals surface area contributed by atoms with Crippen LogP contribution in [-0.2, 0) is 5.41 Å². The van der Waals surface area contributed by atoms with E-state index < -0.39 is 0 Å². The summed E-state index contributed by atoms with van der Waals surface area (Å²) >= 11 is 0. The number of rotatable bonds is 4. The highest BCUT2D eigenvalue weighted by Crippen LogP contribution is 2.30. The molecule has 0 aliphatic carbocycles. The lowest BCUT2D eigenvalue weighted by molar-refractivity contribution is 0.103. The zero-order valence-corrected chi connectivity index (χ0v) is 10.7. The van der Waals surface area contributed by atoms with E-state index in [1.807, 2.05) is 25.1 Å². The van der Waals surface area contributed by atoms with Crippen LogP contribution in [0.2, 0.25) is 0 Å². The number of aliphatic hydroxyl groups is 1. The molecule has 1 atom stereocenters. The van der Waals surface area contributed by atoms with Gasteiger partial charge in [-0.05, 0) is 23.5 Å². The second-order valence-corrected chi connectivity index (χ2v) is 5.12. The number of para-hydroxylation sites is 1. The van der Waals surface area contributed by atoms with E-state index >= 15 is 0 Å². The van der Waals surface area contributed by atoms with Gasteiger partial charge in [0.25, 0.3) is 0 Å². The molecule has 1 aromatic carbocycles. The first-order chi connectivity index (χ1) is 7.45. The van der Waals surface area contributed by atoms with Gasteiger partial charge < -0.3 is 9.84 Å². The Hall–Kier alpha value is -1.02. The molecule has 2 heteroatoms. The summed E-state index contributed by atoms with van der Waals surface area (Å²) in [4.78, 5) is 0. The highest BCUT2D eigenvalue weighted by atomic mass is 16.5. The van der Waals surface area contributed by atoms with Gasteiger partial charge in [-0.15, -0.1) is 0 Å². The molecule has 0 amide bonds. The van der Waals surface area contributed by atoms with Crippen molar-refractivity contribution in [1.82, 2.24) is 0 Å². The van der Waals surface area contributed by atoms with Crippen LogP contribution in [0.4, 0.5) is 0 Å². The van der Waals surface area contributed by atoms with E-state index in [4.69, 9.17) is 4.74 Å². The van der Waals surface area contributed by atoms with Crippen molar-refractivity contribution in [2.45, 2.75) is 45.6 Å². The number of ether oxygens (including phenoxy) is 1. The quantitative estimate of drug-likeness (QED) is 0.848. The highest BCUT2D eigenvalue weighted by Gasteiger charge is 2.18. The fraction of sp³-hybridized carbons (Fsp3) is 0.571. The van der Waals surface area contributed by atoms with Crippen molar-refractivity contribution in [3.63, 3.8) is 0 Å². The third kappa shape index (κ3) is 3.53. The lowest BCUT2D eigenvalue weighted by Gasteiger charge is -2.23. The molecular weight excluding hydrogens is 200 g/mol. The number of benzene rings is 1. The molecule has 0 aliphatic rings. The van der Waals surface area contributed by atoms with Crippen LogP contribution in [0.1, 0.15) is 39.7 Å². The van der Waals surface area contributed by atoms with Crippen molar-refractivity contribution in [1.29, 1.82) is 0 Å². The summed E-state index contributed by atoms with van der Waals surface area (Å²) in [5, 5.41) is 9.49. The molecule has 0 saturated heterocycles. The average Bonchev–Trinajstić information content (AvgIpc) is 2.25. The van der Waals surface area contributed by atoms with Gasteiger partial charge >= 0.3 is 0 Å². The van der Waals surface area contributed by atoms with Crippen LogP contribution in [0.5, 0.6) is 5.75 Å². The van der Waals surface area contributed by atoms with Crippen molar-refractivity contribution in [2.24, 2.45) is 0 Å². The van der Waals surface area contributed by atoms with E-state index in [1.54, 1.807) is 0 Å². The minimum Gasteiger partial charge on any atom is -0.491 e. The lowest BCUT2D eigenvalue weighted by atomic mass is 9.86. The summed E-state index contributed by atoms with van der Waals surface area (Å²) in [6.07, 6.45) is 0.338. The summed E-state index contributed by atoms with van der Waals surface area (Å²) in [5.41, 5.74) is 1.24. The Morgan fingerprint density at radius 1 is 1.25 bits per heavy atom. The number of aliphatic hydroxyl groups excluding tert-OH is 1. The highest BCUT2D eigenvalue weighted by molar-refractivity contribution is 5.38. The van der Waals surface area contributed by atoms with Gasteiger partial charge in [0.05, 0.1) is 6.10 Å². The molecule has 0 aliphatic heterocycles. The van der Waals surface area contributed by atoms with E-state index in [1.165, 1.54) is 5.56 Å². The van der Waals surface area contributed by atoms with Crippen molar-refractivity contribution in [3.05, 3.63) is 29.8 Å². The summed E-state index contributed by atoms with van der Waals surface area (Å²) in [7, 11) is 0. The fourth-order valence-corrected chi connectivity index (χ4v) is 1.52. The SMILES string of the molecule is CCC(O)COc1ccccc1C(C)(C)C. The van der Waals surface area contributed by atoms with Crippen LogP contribution in [0.25, 0.3) is 0 Å². The molecule has 0 radical (unpaired) electrons. The van der Waals surface area contributed by atoms with Crippen molar-refractivity contribution < 1.29 is 9.84 Å². The Labute approximate surface area is 98.3 Å². The molecule has 0 spiro atoms. The van der Waals surface area contributed by atoms with E-state index in [0.29, 0.717) is 6.61 Å². The third-order valence-electron chi connectivity index (χ3n) is 2.60. The molecule has 90 valence electrons. The third-order valence-corrected chi connectivity index (χ3v) is 2.60. The molecular formula is C14H22O2. The Balaban J connectivity index is 2.80. The van der Waals surface area contributed by atoms with Crippen molar-refractivity contribution in [3.8, 4) is 5.75 Å². The Morgan fingerprint density at radius 3 is 2.44 bits per heavy atom. The Kier molecular flexibility index (Phi) is 4.36. The molecule has 2 nitrogen and oxygen atoms in total. The smallest absolute Gasteiger partial charge is 0.123 e. The van der Waals surface area contributed by atoms with Gasteiger partial charge in [-0.1, -0.05) is 45.9 Å². The Morgan fingerprint density at radius 2 is 1.88 bits per heavy atom. The van der Waals surface area contributed by atoms with Crippen LogP contribution in [-0.4, -0.2) is 17.8 Å². The molecule has 0 bridgehead atoms. The molecule has 0 saturated carbocycles. The van der Waals surface area contributed by atoms with E-state index in [-0.39, 0.29) is 11.5 Å². The largest absolute Gasteiger partial charge is 0.491 e. The van der Waals surface area contributed by atoms with Gasteiger partial charge in [0.15, 0.2) is 0 Å². The molecule has 0 fully saturated rings. The summed E-state index contributed by atoms with van der Waals surface area (Å²) in [6.45, 7) is 8.79. The van der Waals surface area contributed by atoms with Crippen molar-refractivity contribution >= 4 is 0 Å². The fourth-order valence-electron chi connectivity index (χ4n) is 1.52. The maximum atomic E-state index is 9.49. The minimum absolute atomic E-state index is 0.0633. The molecule has 1 N–H and O–H groups in total. The first kappa shape index (κ1) is 13.0. The molecule has 0 aromatic heterocycles. The maximum absolute atomic E-state index is 9.49. The molecule has 1 aromatic rings. The topological polar surface area (TPSA) is 29.5 Å². The minimum atomic E-state index is -0.381. The molecule has 16 heavy (non-hydrogen) atoms. The number of hydrogen-bond acceptors (Lipinski definition) is 2. The van der Waals surface area contributed by atoms with Gasteiger partial charge in [0.2, 0.25) is 0 Å². The Bertz CT molecular complexity index is 326. The predicted octanol–water partition coefficient (Wildman–Crippen LogP) is 3.13. The molecule has 1 unspecified atom stereocenters. The van der Waals surface area contributed by atoms with Gasteiger partial charge in [-0.3, -0.25) is 0 Å². The van der Waals surface area contributed by atoms with Crippen LogP contribution in [0.3, 0.4) is 0 Å².